The maximum Gasteiger partial charge on any atom is 0.0397 e. The molecule has 0 aromatic heterocycles. The number of hydrogen-bond donors (Lipinski definition) is 3. The minimum Gasteiger partial charge on any atom is -0.0622 e. The van der Waals surface area contributed by atoms with E-state index in [1.165, 1.54) is 36.4 Å². The van der Waals surface area contributed by atoms with E-state index in [9.17, 15) is 30.7 Å². The molecule has 3 aromatic rings. The molecule has 0 atom stereocenters. The Labute approximate surface area is 194 Å². The molecule has 8 nitrogen and oxygen atoms in total. The van der Waals surface area contributed by atoms with Crippen molar-refractivity contribution in [2.24, 2.45) is 0 Å². The molecule has 0 saturated carbocycles. The Balaban J connectivity index is 1.99. The predicted octanol–water partition coefficient (Wildman–Crippen LogP) is 2.40. The van der Waals surface area contributed by atoms with E-state index in [4.69, 9.17) is 0 Å². The van der Waals surface area contributed by atoms with Gasteiger partial charge in [-0.3, -0.25) is 4.79 Å². The summed E-state index contributed by atoms with van der Waals surface area (Å²) in [4.78, 5) is 11.5. The molecular weight excluding hydrogens is 517 g/mol. The molecular formula is C21H16AsNO7S2. The number of benzene rings is 3. The molecule has 0 spiro atoms. The van der Waals surface area contributed by atoms with Crippen molar-refractivity contribution >= 4 is 65.2 Å². The summed E-state index contributed by atoms with van der Waals surface area (Å²) >= 11 is 2.14. The fraction of sp³-hybridized carbons (Fsp3) is 0. The van der Waals surface area contributed by atoms with E-state index in [1.54, 1.807) is 36.4 Å². The van der Waals surface area contributed by atoms with Crippen LogP contribution in [0.25, 0.3) is 12.2 Å². The maximum atomic E-state index is 12.3. The van der Waals surface area contributed by atoms with E-state index < -0.39 is 31.0 Å². The topological polar surface area (TPSA) is 138 Å². The van der Waals surface area contributed by atoms with Gasteiger partial charge in [-0.25, -0.2) is 0 Å². The van der Waals surface area contributed by atoms with Crippen LogP contribution in [-0.4, -0.2) is 48.7 Å². The second-order valence-corrected chi connectivity index (χ2v) is 10.4. The van der Waals surface area contributed by atoms with Gasteiger partial charge in [0.15, 0.2) is 0 Å². The van der Waals surface area contributed by atoms with Crippen molar-refractivity contribution in [1.82, 2.24) is 0 Å². The summed E-state index contributed by atoms with van der Waals surface area (Å²) in [6.45, 7) is 0. The van der Waals surface area contributed by atoms with Crippen LogP contribution in [0.15, 0.2) is 76.5 Å². The molecule has 2 radical (unpaired) electrons. The van der Waals surface area contributed by atoms with Crippen LogP contribution >= 0.6 is 0 Å². The third kappa shape index (κ3) is 5.93. The number of rotatable bonds is 6. The van der Waals surface area contributed by atoms with Gasteiger partial charge in [0.2, 0.25) is 0 Å². The Morgan fingerprint density at radius 2 is 1.31 bits per heavy atom. The first kappa shape index (κ1) is 23.9. The van der Waals surface area contributed by atoms with Gasteiger partial charge in [-0.05, 0) is 12.1 Å². The van der Waals surface area contributed by atoms with E-state index in [2.05, 4.69) is 22.2 Å². The Hall–Kier alpha value is -2.75. The van der Waals surface area contributed by atoms with Crippen LogP contribution in [0.4, 0.5) is 5.69 Å². The first-order valence-electron chi connectivity index (χ1n) is 8.92. The molecule has 0 bridgehead atoms. The fourth-order valence-electron chi connectivity index (χ4n) is 2.83. The number of nitrogens with one attached hydrogen (secondary N) is 1. The largest absolute Gasteiger partial charge is 0.0622 e. The molecule has 0 unspecified atom stereocenters. The van der Waals surface area contributed by atoms with E-state index in [-0.39, 0.29) is 21.7 Å². The van der Waals surface area contributed by atoms with Crippen molar-refractivity contribution in [3.8, 4) is 0 Å². The molecule has 0 aliphatic rings. The van der Waals surface area contributed by atoms with Gasteiger partial charge >= 0.3 is 154 Å². The number of anilines is 1. The van der Waals surface area contributed by atoms with Crippen molar-refractivity contribution in [1.29, 1.82) is 0 Å². The molecule has 1 amide bonds. The molecule has 32 heavy (non-hydrogen) atoms. The monoisotopic (exact) mass is 533 g/mol. The summed E-state index contributed by atoms with van der Waals surface area (Å²) in [6.07, 6.45) is 2.57. The van der Waals surface area contributed by atoms with Crippen LogP contribution in [0.3, 0.4) is 0 Å². The van der Waals surface area contributed by atoms with Gasteiger partial charge < -0.3 is 0 Å². The number of hydrogen-bond acceptors (Lipinski definition) is 5. The third-order valence-electron chi connectivity index (χ3n) is 4.30. The first-order valence-corrected chi connectivity index (χ1v) is 12.7. The van der Waals surface area contributed by atoms with Crippen molar-refractivity contribution in [2.75, 3.05) is 5.32 Å². The third-order valence-corrected chi connectivity index (χ3v) is 6.71. The molecule has 0 fully saturated rings. The number of carbonyl (C=O) groups is 1. The molecule has 164 valence electrons. The van der Waals surface area contributed by atoms with Gasteiger partial charge in [0.05, 0.1) is 0 Å². The van der Waals surface area contributed by atoms with Crippen LogP contribution in [0.2, 0.25) is 0 Å². The molecule has 3 aromatic carbocycles. The zero-order valence-electron chi connectivity index (χ0n) is 16.2. The summed E-state index contributed by atoms with van der Waals surface area (Å²) < 4.78 is 66.8. The zero-order valence-corrected chi connectivity index (χ0v) is 19.7. The normalized spacial score (nSPS) is 12.1. The molecule has 0 saturated heterocycles. The van der Waals surface area contributed by atoms with Crippen molar-refractivity contribution in [3.63, 3.8) is 0 Å². The molecule has 3 N–H and O–H groups in total. The second-order valence-electron chi connectivity index (χ2n) is 6.58. The zero-order chi connectivity index (χ0) is 23.5. The van der Waals surface area contributed by atoms with Crippen LogP contribution in [0, 0.1) is 0 Å². The van der Waals surface area contributed by atoms with Crippen LogP contribution < -0.4 is 9.67 Å². The smallest absolute Gasteiger partial charge is 0.0397 e. The van der Waals surface area contributed by atoms with Crippen molar-refractivity contribution in [3.05, 3.63) is 83.4 Å². The Morgan fingerprint density at radius 3 is 1.88 bits per heavy atom. The molecule has 0 heterocycles. The summed E-state index contributed by atoms with van der Waals surface area (Å²) in [6, 6.07) is 16.4. The first-order chi connectivity index (χ1) is 14.9. The van der Waals surface area contributed by atoms with Gasteiger partial charge in [0.25, 0.3) is 0 Å². The predicted molar refractivity (Wildman–Crippen MR) is 121 cm³/mol. The Bertz CT molecular complexity index is 1420. The standard InChI is InChI=1S/C21H16AsNO7S2/c22-17-10-8-14(19(12-17)31(25,26)27)6-7-15-9-11-18(13-20(15)32(28,29)30)23-21(24)16-4-2-1-3-5-16/h1-13H,(H,23,24)(H,25,26,27)(H,28,29,30). The minimum atomic E-state index is -4.68. The van der Waals surface area contributed by atoms with Gasteiger partial charge in [-0.1, -0.05) is 18.2 Å². The van der Waals surface area contributed by atoms with Crippen molar-refractivity contribution in [2.45, 2.75) is 9.79 Å². The van der Waals surface area contributed by atoms with Gasteiger partial charge in [0.1, 0.15) is 0 Å². The average Bonchev–Trinajstić information content (AvgIpc) is 2.72. The van der Waals surface area contributed by atoms with E-state index in [0.29, 0.717) is 9.91 Å². The molecule has 0 aliphatic carbocycles. The van der Waals surface area contributed by atoms with Crippen LogP contribution in [0.5, 0.6) is 0 Å². The summed E-state index contributed by atoms with van der Waals surface area (Å²) in [7, 11) is -9.20. The molecule has 11 heteroatoms. The summed E-state index contributed by atoms with van der Waals surface area (Å²) in [5.74, 6) is -0.467. The average molecular weight is 533 g/mol. The van der Waals surface area contributed by atoms with E-state index in [0.717, 1.165) is 6.07 Å². The quantitative estimate of drug-likeness (QED) is 0.251. The summed E-state index contributed by atoms with van der Waals surface area (Å²) in [5, 5.41) is 2.55. The Kier molecular flexibility index (Phi) is 7.02. The van der Waals surface area contributed by atoms with Crippen LogP contribution in [-0.2, 0) is 20.2 Å². The summed E-state index contributed by atoms with van der Waals surface area (Å²) in [5.41, 5.74) is 0.656. The van der Waals surface area contributed by atoms with E-state index >= 15 is 0 Å². The van der Waals surface area contributed by atoms with E-state index in [1.807, 2.05) is 0 Å². The molecule has 3 rings (SSSR count). The second kappa shape index (κ2) is 9.40. The SMILES string of the molecule is O=C(Nc1ccc(C=Cc2ccc([As])cc2S(=O)(=O)O)c(S(=O)(=O)O)c1)c1ccccc1. The maximum absolute atomic E-state index is 12.3. The van der Waals surface area contributed by atoms with Gasteiger partial charge in [0, 0.05) is 5.56 Å². The van der Waals surface area contributed by atoms with Gasteiger partial charge in [-0.15, -0.1) is 0 Å². The van der Waals surface area contributed by atoms with Crippen LogP contribution in [0.1, 0.15) is 21.5 Å². The minimum absolute atomic E-state index is 0.0443. The fourth-order valence-corrected chi connectivity index (χ4v) is 4.87. The van der Waals surface area contributed by atoms with Crippen molar-refractivity contribution < 1.29 is 30.7 Å². The van der Waals surface area contributed by atoms with Gasteiger partial charge in [-0.2, -0.15) is 0 Å². The molecule has 0 aliphatic heterocycles. The number of carbonyl (C=O) groups excluding carboxylic acids is 1. The Morgan fingerprint density at radius 1 is 0.781 bits per heavy atom. The number of amides is 1.